The maximum Gasteiger partial charge on any atom is 0.455 e. The van der Waals surface area contributed by atoms with Gasteiger partial charge < -0.3 is 10.5 Å². The van der Waals surface area contributed by atoms with Crippen LogP contribution in [0.15, 0.2) is 30.3 Å². The first kappa shape index (κ1) is 19.1. The van der Waals surface area contributed by atoms with Crippen LogP contribution in [0.1, 0.15) is 26.3 Å². The molecule has 0 saturated heterocycles. The summed E-state index contributed by atoms with van der Waals surface area (Å²) in [5.74, 6) is -0.484. The molecule has 0 bridgehead atoms. The van der Waals surface area contributed by atoms with Crippen LogP contribution in [0.25, 0.3) is 0 Å². The zero-order chi connectivity index (χ0) is 17.7. The van der Waals surface area contributed by atoms with Gasteiger partial charge in [0.1, 0.15) is 18.7 Å². The number of hydrogen-bond acceptors (Lipinski definition) is 5. The minimum atomic E-state index is -0.836. The van der Waals surface area contributed by atoms with E-state index >= 15 is 0 Å². The average Bonchev–Trinajstić information content (AvgIpc) is 2.45. The van der Waals surface area contributed by atoms with Gasteiger partial charge in [-0.05, 0) is 31.1 Å². The Morgan fingerprint density at radius 1 is 1.26 bits per heavy atom. The molecule has 7 nitrogen and oxygen atoms in total. The Morgan fingerprint density at radius 2 is 1.83 bits per heavy atom. The summed E-state index contributed by atoms with van der Waals surface area (Å²) >= 11 is 0. The molecule has 0 heterocycles. The highest BCUT2D eigenvalue weighted by atomic mass is 16.8. The molecule has 0 aliphatic carbocycles. The first-order valence-electron chi connectivity index (χ1n) is 7.35. The van der Waals surface area contributed by atoms with Crippen LogP contribution < -0.4 is 11.2 Å². The summed E-state index contributed by atoms with van der Waals surface area (Å²) in [5.41, 5.74) is 8.61. The molecule has 1 aromatic rings. The fraction of sp³-hybridized carbons (Fsp3) is 0.500. The van der Waals surface area contributed by atoms with Crippen LogP contribution in [-0.2, 0) is 20.8 Å². The number of hydroxylamine groups is 2. The molecule has 3 N–H and O–H groups in total. The topological polar surface area (TPSA) is 90.6 Å². The van der Waals surface area contributed by atoms with E-state index in [0.29, 0.717) is 6.42 Å². The second-order valence-electron chi connectivity index (χ2n) is 6.35. The zero-order valence-corrected chi connectivity index (χ0v) is 14.3. The van der Waals surface area contributed by atoms with Gasteiger partial charge in [0.25, 0.3) is 0 Å². The van der Waals surface area contributed by atoms with Crippen LogP contribution in [0.4, 0.5) is 4.79 Å². The summed E-state index contributed by atoms with van der Waals surface area (Å²) in [6, 6.07) is 8.55. The number of ether oxygens (including phenoxy) is 1. The SMILES string of the molecule is CO[N@+](C)(NC(=O)OC(C)(C)C)C(=O)C(N)Cc1ccccc1. The van der Waals surface area contributed by atoms with Gasteiger partial charge >= 0.3 is 12.0 Å². The molecule has 1 unspecified atom stereocenters. The molecular weight excluding hydrogens is 298 g/mol. The zero-order valence-electron chi connectivity index (χ0n) is 14.3. The highest BCUT2D eigenvalue weighted by Crippen LogP contribution is 2.11. The van der Waals surface area contributed by atoms with Gasteiger partial charge in [0.2, 0.25) is 0 Å². The van der Waals surface area contributed by atoms with Gasteiger partial charge in [-0.2, -0.15) is 4.84 Å². The largest absolute Gasteiger partial charge is 0.455 e. The van der Waals surface area contributed by atoms with Crippen LogP contribution >= 0.6 is 0 Å². The molecule has 2 amide bonds. The lowest BCUT2D eigenvalue weighted by molar-refractivity contribution is -1.05. The van der Waals surface area contributed by atoms with Crippen LogP contribution in [0, 0.1) is 0 Å². The van der Waals surface area contributed by atoms with E-state index < -0.39 is 28.4 Å². The molecule has 128 valence electrons. The second-order valence-corrected chi connectivity index (χ2v) is 6.35. The fourth-order valence-electron chi connectivity index (χ4n) is 1.94. The summed E-state index contributed by atoms with van der Waals surface area (Å²) in [5, 5.41) is 0. The van der Waals surface area contributed by atoms with Crippen molar-refractivity contribution < 1.29 is 23.9 Å². The van der Waals surface area contributed by atoms with E-state index in [1.807, 2.05) is 30.3 Å². The molecule has 0 radical (unpaired) electrons. The molecule has 0 saturated carbocycles. The number of nitrogens with two attached hydrogens (primary N) is 1. The Hall–Kier alpha value is -1.96. The monoisotopic (exact) mass is 324 g/mol. The fourth-order valence-corrected chi connectivity index (χ4v) is 1.94. The highest BCUT2D eigenvalue weighted by Gasteiger charge is 2.41. The molecule has 0 spiro atoms. The molecule has 1 rings (SSSR count). The van der Waals surface area contributed by atoms with E-state index in [4.69, 9.17) is 15.3 Å². The van der Waals surface area contributed by atoms with Gasteiger partial charge in [-0.15, -0.1) is 5.43 Å². The van der Waals surface area contributed by atoms with Crippen molar-refractivity contribution >= 4 is 12.0 Å². The summed E-state index contributed by atoms with van der Waals surface area (Å²) < 4.78 is 4.34. The maximum atomic E-state index is 12.6. The van der Waals surface area contributed by atoms with Gasteiger partial charge in [-0.3, -0.25) is 0 Å². The lowest BCUT2D eigenvalue weighted by atomic mass is 10.1. The maximum absolute atomic E-state index is 12.6. The van der Waals surface area contributed by atoms with Crippen molar-refractivity contribution in [2.24, 2.45) is 5.73 Å². The number of hydrogen-bond donors (Lipinski definition) is 2. The lowest BCUT2D eigenvalue weighted by Gasteiger charge is -2.29. The molecule has 0 aromatic heterocycles. The van der Waals surface area contributed by atoms with Gasteiger partial charge in [0, 0.05) is 6.42 Å². The van der Waals surface area contributed by atoms with Gasteiger partial charge in [0.05, 0.1) is 7.11 Å². The number of quaternary nitrogens is 1. The van der Waals surface area contributed by atoms with Gasteiger partial charge in [0.15, 0.2) is 0 Å². The average molecular weight is 324 g/mol. The number of nitrogens with one attached hydrogen (secondary N) is 1. The third-order valence-electron chi connectivity index (χ3n) is 3.10. The molecule has 2 atom stereocenters. The Bertz CT molecular complexity index is 542. The molecule has 1 aromatic carbocycles. The first-order chi connectivity index (χ1) is 10.6. The summed E-state index contributed by atoms with van der Waals surface area (Å²) in [4.78, 5) is 29.6. The van der Waals surface area contributed by atoms with E-state index in [1.165, 1.54) is 14.2 Å². The van der Waals surface area contributed by atoms with E-state index in [1.54, 1.807) is 20.8 Å². The lowest BCUT2D eigenvalue weighted by Crippen LogP contribution is -2.65. The third kappa shape index (κ3) is 5.97. The van der Waals surface area contributed by atoms with Gasteiger partial charge in [-0.25, -0.2) is 9.59 Å². The van der Waals surface area contributed by atoms with Crippen molar-refractivity contribution in [3.63, 3.8) is 0 Å². The van der Waals surface area contributed by atoms with E-state index in [2.05, 4.69) is 5.43 Å². The number of carbonyl (C=O) groups excluding carboxylic acids is 2. The molecule has 0 fully saturated rings. The van der Waals surface area contributed by atoms with Crippen molar-refractivity contribution in [3.8, 4) is 0 Å². The summed E-state index contributed by atoms with van der Waals surface area (Å²) in [6.45, 7) is 5.19. The standard InChI is InChI=1S/C16H25N3O4/c1-16(2,3)23-15(21)18-19(4,22-5)14(20)13(17)11-12-9-7-6-8-10-12/h6-10,13H,11,17H2,1-5H3/p+1/t13?,19-/m0/s1. The smallest absolute Gasteiger partial charge is 0.441 e. The minimum absolute atomic E-state index is 0.340. The number of benzene rings is 1. The number of amides is 2. The Kier molecular flexibility index (Phi) is 6.26. The normalized spacial score (nSPS) is 15.4. The number of likely N-dealkylation sites (N-methyl/N-ethyl adjacent to an activating group) is 1. The second kappa shape index (κ2) is 7.54. The predicted molar refractivity (Wildman–Crippen MR) is 85.7 cm³/mol. The van der Waals surface area contributed by atoms with E-state index in [-0.39, 0.29) is 0 Å². The molecular formula is C16H26N3O4+. The van der Waals surface area contributed by atoms with Crippen LogP contribution in [0.5, 0.6) is 0 Å². The van der Waals surface area contributed by atoms with Crippen LogP contribution in [0.2, 0.25) is 0 Å². The summed E-state index contributed by atoms with van der Waals surface area (Å²) in [6.07, 6.45) is -0.422. The van der Waals surface area contributed by atoms with Crippen molar-refractivity contribution in [1.29, 1.82) is 0 Å². The van der Waals surface area contributed by atoms with Crippen molar-refractivity contribution in [1.82, 2.24) is 5.43 Å². The molecule has 7 heteroatoms. The number of carbonyl (C=O) groups is 2. The van der Waals surface area contributed by atoms with Crippen molar-refractivity contribution in [3.05, 3.63) is 35.9 Å². The number of nitrogens with zero attached hydrogens (tertiary/aromatic N) is 1. The highest BCUT2D eigenvalue weighted by molar-refractivity contribution is 5.76. The van der Waals surface area contributed by atoms with E-state index in [9.17, 15) is 9.59 Å². The summed E-state index contributed by atoms with van der Waals surface area (Å²) in [7, 11) is 2.71. The van der Waals surface area contributed by atoms with Gasteiger partial charge in [-0.1, -0.05) is 30.3 Å². The van der Waals surface area contributed by atoms with Crippen molar-refractivity contribution in [2.45, 2.75) is 38.8 Å². The number of rotatable bonds is 4. The molecule has 23 heavy (non-hydrogen) atoms. The van der Waals surface area contributed by atoms with E-state index in [0.717, 1.165) is 5.56 Å². The van der Waals surface area contributed by atoms with Crippen molar-refractivity contribution in [2.75, 3.05) is 14.2 Å². The minimum Gasteiger partial charge on any atom is -0.441 e. The molecule has 0 aliphatic heterocycles. The predicted octanol–water partition coefficient (Wildman–Crippen LogP) is 1.53. The van der Waals surface area contributed by atoms with Crippen LogP contribution in [0.3, 0.4) is 0 Å². The Labute approximate surface area is 136 Å². The Balaban J connectivity index is 2.77. The third-order valence-corrected chi connectivity index (χ3v) is 3.10. The first-order valence-corrected chi connectivity index (χ1v) is 7.35. The Morgan fingerprint density at radius 3 is 2.30 bits per heavy atom. The molecule has 0 aliphatic rings. The van der Waals surface area contributed by atoms with Crippen LogP contribution in [-0.4, -0.2) is 42.6 Å². The quantitative estimate of drug-likeness (QED) is 0.647.